The first-order chi connectivity index (χ1) is 9.85. The number of amides is 1. The molecule has 0 unspecified atom stereocenters. The van der Waals surface area contributed by atoms with Gasteiger partial charge in [-0.3, -0.25) is 9.59 Å². The van der Waals surface area contributed by atoms with E-state index < -0.39 is 11.4 Å². The second kappa shape index (κ2) is 7.52. The van der Waals surface area contributed by atoms with Gasteiger partial charge >= 0.3 is 5.97 Å². The molecule has 0 fully saturated rings. The number of aliphatic carboxylic acids is 1. The average molecular weight is 295 g/mol. The van der Waals surface area contributed by atoms with E-state index in [2.05, 4.69) is 5.32 Å². The first-order valence-electron chi connectivity index (χ1n) is 6.71. The van der Waals surface area contributed by atoms with Crippen LogP contribution in [0.3, 0.4) is 0 Å². The van der Waals surface area contributed by atoms with Crippen LogP contribution in [-0.2, 0) is 9.59 Å². The Morgan fingerprint density at radius 3 is 2.14 bits per heavy atom. The monoisotopic (exact) mass is 295 g/mol. The normalized spacial score (nSPS) is 10.8. The van der Waals surface area contributed by atoms with Gasteiger partial charge in [0.25, 0.3) is 5.91 Å². The summed E-state index contributed by atoms with van der Waals surface area (Å²) in [6, 6.07) is 6.92. The van der Waals surface area contributed by atoms with E-state index in [-0.39, 0.29) is 19.1 Å². The summed E-state index contributed by atoms with van der Waals surface area (Å²) in [5.74, 6) is -0.0444. The summed E-state index contributed by atoms with van der Waals surface area (Å²) in [5, 5.41) is 11.5. The quantitative estimate of drug-likeness (QED) is 0.762. The van der Waals surface area contributed by atoms with Crippen LogP contribution in [0, 0.1) is 5.41 Å². The Labute approximate surface area is 124 Å². The molecule has 6 nitrogen and oxygen atoms in total. The van der Waals surface area contributed by atoms with Gasteiger partial charge in [-0.2, -0.15) is 0 Å². The number of carboxylic acids is 1. The lowest BCUT2D eigenvalue weighted by atomic mass is 9.94. The standard InChI is InChI=1S/C15H21NO5/c1-4-20-11-5-7-12(8-6-11)21-9-13(17)16-10-15(2,3)14(18)19/h5-8H,4,9-10H2,1-3H3,(H,16,17)(H,18,19). The minimum atomic E-state index is -1.01. The van der Waals surface area contributed by atoms with Gasteiger partial charge in [0.2, 0.25) is 0 Å². The van der Waals surface area contributed by atoms with Crippen LogP contribution in [0.1, 0.15) is 20.8 Å². The van der Waals surface area contributed by atoms with Crippen molar-refractivity contribution < 1.29 is 24.2 Å². The van der Waals surface area contributed by atoms with Crippen molar-refractivity contribution in [2.45, 2.75) is 20.8 Å². The zero-order valence-electron chi connectivity index (χ0n) is 12.5. The molecule has 0 bridgehead atoms. The largest absolute Gasteiger partial charge is 0.494 e. The molecule has 0 aromatic heterocycles. The highest BCUT2D eigenvalue weighted by Gasteiger charge is 2.27. The van der Waals surface area contributed by atoms with Gasteiger partial charge in [-0.05, 0) is 45.0 Å². The zero-order chi connectivity index (χ0) is 15.9. The molecule has 21 heavy (non-hydrogen) atoms. The Bertz CT molecular complexity index is 481. The summed E-state index contributed by atoms with van der Waals surface area (Å²) in [6.45, 7) is 5.46. The number of ether oxygens (including phenoxy) is 2. The molecule has 0 heterocycles. The number of hydrogen-bond donors (Lipinski definition) is 2. The minimum absolute atomic E-state index is 0.0494. The van der Waals surface area contributed by atoms with Crippen molar-refractivity contribution in [3.8, 4) is 11.5 Å². The summed E-state index contributed by atoms with van der Waals surface area (Å²) >= 11 is 0. The Balaban J connectivity index is 2.37. The minimum Gasteiger partial charge on any atom is -0.494 e. The van der Waals surface area contributed by atoms with Gasteiger partial charge in [-0.15, -0.1) is 0 Å². The third-order valence-electron chi connectivity index (χ3n) is 2.81. The summed E-state index contributed by atoms with van der Waals surface area (Å²) in [5.41, 5.74) is -1.01. The number of carbonyl (C=O) groups is 2. The number of carbonyl (C=O) groups excluding carboxylic acids is 1. The molecule has 0 radical (unpaired) electrons. The first-order valence-corrected chi connectivity index (χ1v) is 6.71. The van der Waals surface area contributed by atoms with Gasteiger partial charge in [0.15, 0.2) is 6.61 Å². The summed E-state index contributed by atoms with van der Waals surface area (Å²) in [7, 11) is 0. The van der Waals surface area contributed by atoms with E-state index in [1.807, 2.05) is 6.92 Å². The molecule has 0 aliphatic carbocycles. The van der Waals surface area contributed by atoms with Crippen molar-refractivity contribution >= 4 is 11.9 Å². The van der Waals surface area contributed by atoms with Gasteiger partial charge in [-0.1, -0.05) is 0 Å². The number of hydrogen-bond acceptors (Lipinski definition) is 4. The molecule has 0 aliphatic heterocycles. The van der Waals surface area contributed by atoms with E-state index in [9.17, 15) is 9.59 Å². The summed E-state index contributed by atoms with van der Waals surface area (Å²) < 4.78 is 10.6. The third-order valence-corrected chi connectivity index (χ3v) is 2.81. The van der Waals surface area contributed by atoms with Gasteiger partial charge < -0.3 is 19.9 Å². The maximum absolute atomic E-state index is 11.6. The fourth-order valence-electron chi connectivity index (χ4n) is 1.39. The van der Waals surface area contributed by atoms with E-state index in [4.69, 9.17) is 14.6 Å². The number of benzene rings is 1. The van der Waals surface area contributed by atoms with Crippen LogP contribution < -0.4 is 14.8 Å². The average Bonchev–Trinajstić information content (AvgIpc) is 2.44. The second-order valence-electron chi connectivity index (χ2n) is 5.16. The van der Waals surface area contributed by atoms with E-state index in [1.165, 1.54) is 0 Å². The fraction of sp³-hybridized carbons (Fsp3) is 0.467. The predicted molar refractivity (Wildman–Crippen MR) is 77.5 cm³/mol. The van der Waals surface area contributed by atoms with Crippen LogP contribution in [0.5, 0.6) is 11.5 Å². The number of nitrogens with one attached hydrogen (secondary N) is 1. The lowest BCUT2D eigenvalue weighted by Gasteiger charge is -2.19. The van der Waals surface area contributed by atoms with Crippen LogP contribution in [0.25, 0.3) is 0 Å². The molecule has 2 N–H and O–H groups in total. The van der Waals surface area contributed by atoms with Gasteiger partial charge in [0.1, 0.15) is 11.5 Å². The molecule has 0 saturated carbocycles. The van der Waals surface area contributed by atoms with Crippen molar-refractivity contribution in [2.75, 3.05) is 19.8 Å². The molecule has 0 saturated heterocycles. The van der Waals surface area contributed by atoms with E-state index >= 15 is 0 Å². The molecule has 0 atom stereocenters. The molecule has 6 heteroatoms. The second-order valence-corrected chi connectivity index (χ2v) is 5.16. The SMILES string of the molecule is CCOc1ccc(OCC(=O)NCC(C)(C)C(=O)O)cc1. The van der Waals surface area contributed by atoms with Gasteiger partial charge in [0.05, 0.1) is 12.0 Å². The number of rotatable bonds is 8. The lowest BCUT2D eigenvalue weighted by Crippen LogP contribution is -2.40. The van der Waals surface area contributed by atoms with Crippen molar-refractivity contribution in [3.63, 3.8) is 0 Å². The maximum atomic E-state index is 11.6. The molecular formula is C15H21NO5. The predicted octanol–water partition coefficient (Wildman–Crippen LogP) is 1.69. The van der Waals surface area contributed by atoms with Crippen molar-refractivity contribution in [1.82, 2.24) is 5.32 Å². The van der Waals surface area contributed by atoms with Crippen molar-refractivity contribution in [1.29, 1.82) is 0 Å². The zero-order valence-corrected chi connectivity index (χ0v) is 12.5. The van der Waals surface area contributed by atoms with E-state index in [1.54, 1.807) is 38.1 Å². The lowest BCUT2D eigenvalue weighted by molar-refractivity contribution is -0.146. The topological polar surface area (TPSA) is 84.9 Å². The van der Waals surface area contributed by atoms with Crippen LogP contribution in [0.2, 0.25) is 0 Å². The van der Waals surface area contributed by atoms with Crippen molar-refractivity contribution in [2.24, 2.45) is 5.41 Å². The van der Waals surface area contributed by atoms with E-state index in [0.29, 0.717) is 12.4 Å². The maximum Gasteiger partial charge on any atom is 0.310 e. The smallest absolute Gasteiger partial charge is 0.310 e. The van der Waals surface area contributed by atoms with E-state index in [0.717, 1.165) is 5.75 Å². The highest BCUT2D eigenvalue weighted by Crippen LogP contribution is 2.17. The first kappa shape index (κ1) is 16.8. The van der Waals surface area contributed by atoms with Gasteiger partial charge in [-0.25, -0.2) is 0 Å². The molecule has 1 aromatic carbocycles. The molecule has 116 valence electrons. The molecule has 0 aliphatic rings. The summed E-state index contributed by atoms with van der Waals surface area (Å²) in [6.07, 6.45) is 0. The Hall–Kier alpha value is -2.24. The third kappa shape index (κ3) is 5.72. The highest BCUT2D eigenvalue weighted by atomic mass is 16.5. The number of carboxylic acid groups (broad SMARTS) is 1. The summed E-state index contributed by atoms with van der Waals surface area (Å²) in [4.78, 5) is 22.5. The van der Waals surface area contributed by atoms with Gasteiger partial charge in [0, 0.05) is 6.54 Å². The van der Waals surface area contributed by atoms with Crippen LogP contribution >= 0.6 is 0 Å². The molecule has 1 rings (SSSR count). The Kier molecular flexibility index (Phi) is 6.02. The van der Waals surface area contributed by atoms with Crippen LogP contribution in [0.15, 0.2) is 24.3 Å². The molecule has 1 amide bonds. The fourth-order valence-corrected chi connectivity index (χ4v) is 1.39. The molecule has 0 spiro atoms. The van der Waals surface area contributed by atoms with Crippen LogP contribution in [-0.4, -0.2) is 36.7 Å². The highest BCUT2D eigenvalue weighted by molar-refractivity contribution is 5.79. The van der Waals surface area contributed by atoms with Crippen molar-refractivity contribution in [3.05, 3.63) is 24.3 Å². The molecule has 1 aromatic rings. The Morgan fingerprint density at radius 1 is 1.14 bits per heavy atom. The Morgan fingerprint density at radius 2 is 1.67 bits per heavy atom. The van der Waals surface area contributed by atoms with Crippen LogP contribution in [0.4, 0.5) is 0 Å². The molecular weight excluding hydrogens is 274 g/mol.